The highest BCUT2D eigenvalue weighted by atomic mass is 35.5. The van der Waals surface area contributed by atoms with Crippen molar-refractivity contribution in [2.45, 2.75) is 6.61 Å². The predicted octanol–water partition coefficient (Wildman–Crippen LogP) is 4.93. The number of carbonyl (C=O) groups excluding carboxylic acids is 1. The van der Waals surface area contributed by atoms with Crippen molar-refractivity contribution in [2.75, 3.05) is 0 Å². The fraction of sp³-hybridized carbons (Fsp3) is 0.0556. The van der Waals surface area contributed by atoms with Gasteiger partial charge in [0, 0.05) is 6.20 Å². The van der Waals surface area contributed by atoms with Gasteiger partial charge in [0.1, 0.15) is 23.3 Å². The summed E-state index contributed by atoms with van der Waals surface area (Å²) in [5, 5.41) is 0.671. The molecule has 0 aliphatic heterocycles. The van der Waals surface area contributed by atoms with Gasteiger partial charge in [0.15, 0.2) is 0 Å². The van der Waals surface area contributed by atoms with Crippen LogP contribution < -0.4 is 4.74 Å². The van der Waals surface area contributed by atoms with E-state index in [1.807, 2.05) is 0 Å². The zero-order valence-corrected chi connectivity index (χ0v) is 14.4. The van der Waals surface area contributed by atoms with Crippen LogP contribution in [0.3, 0.4) is 0 Å². The van der Waals surface area contributed by atoms with Gasteiger partial charge in [-0.05, 0) is 48.5 Å². The second kappa shape index (κ2) is 7.96. The van der Waals surface area contributed by atoms with Crippen LogP contribution in [-0.4, -0.2) is 15.9 Å². The lowest BCUT2D eigenvalue weighted by atomic mass is 10.2. The molecule has 0 saturated heterocycles. The van der Waals surface area contributed by atoms with Crippen LogP contribution in [0, 0.1) is 0 Å². The first-order valence-corrected chi connectivity index (χ1v) is 8.03. The number of hydrogen-bond donors (Lipinski definition) is 0. The SMILES string of the molecule is O=C(OCc1nc(Cl)ccc1Cl)c1ccc(Oc2cccnc2)cc1. The Morgan fingerprint density at radius 3 is 2.52 bits per heavy atom. The zero-order valence-electron chi connectivity index (χ0n) is 12.9. The third kappa shape index (κ3) is 4.68. The van der Waals surface area contributed by atoms with E-state index in [-0.39, 0.29) is 11.8 Å². The molecule has 0 unspecified atom stereocenters. The monoisotopic (exact) mass is 374 g/mol. The Hall–Kier alpha value is -2.63. The summed E-state index contributed by atoms with van der Waals surface area (Å²) < 4.78 is 10.8. The Kier molecular flexibility index (Phi) is 5.48. The van der Waals surface area contributed by atoms with Crippen molar-refractivity contribution in [1.82, 2.24) is 9.97 Å². The van der Waals surface area contributed by atoms with E-state index in [4.69, 9.17) is 32.7 Å². The van der Waals surface area contributed by atoms with E-state index in [1.54, 1.807) is 60.9 Å². The quantitative estimate of drug-likeness (QED) is 0.467. The number of carbonyl (C=O) groups is 1. The Labute approximate surface area is 154 Å². The standard InChI is InChI=1S/C18H12Cl2N2O3/c19-15-7-8-17(20)22-16(15)11-24-18(23)12-3-5-13(6-4-12)25-14-2-1-9-21-10-14/h1-10H,11H2. The molecule has 3 rings (SSSR count). The number of pyridine rings is 2. The normalized spacial score (nSPS) is 10.3. The first kappa shape index (κ1) is 17.2. The van der Waals surface area contributed by atoms with E-state index in [0.29, 0.717) is 27.8 Å². The third-order valence-electron chi connectivity index (χ3n) is 3.18. The van der Waals surface area contributed by atoms with Crippen molar-refractivity contribution >= 4 is 29.2 Å². The molecule has 0 saturated carbocycles. The number of aromatic nitrogens is 2. The van der Waals surface area contributed by atoms with E-state index < -0.39 is 5.97 Å². The summed E-state index contributed by atoms with van der Waals surface area (Å²) in [6.45, 7) is -0.0633. The zero-order chi connectivity index (χ0) is 17.6. The summed E-state index contributed by atoms with van der Waals surface area (Å²) in [7, 11) is 0. The highest BCUT2D eigenvalue weighted by molar-refractivity contribution is 6.32. The van der Waals surface area contributed by atoms with E-state index >= 15 is 0 Å². The second-order valence-corrected chi connectivity index (χ2v) is 5.75. The van der Waals surface area contributed by atoms with Crippen LogP contribution in [0.25, 0.3) is 0 Å². The van der Waals surface area contributed by atoms with Gasteiger partial charge in [0.25, 0.3) is 0 Å². The van der Waals surface area contributed by atoms with Crippen molar-refractivity contribution in [3.63, 3.8) is 0 Å². The Balaban J connectivity index is 1.62. The molecule has 0 fully saturated rings. The Bertz CT molecular complexity index is 871. The van der Waals surface area contributed by atoms with Crippen LogP contribution in [0.5, 0.6) is 11.5 Å². The molecule has 5 nitrogen and oxygen atoms in total. The largest absolute Gasteiger partial charge is 0.456 e. The molecular formula is C18H12Cl2N2O3. The van der Waals surface area contributed by atoms with Gasteiger partial charge >= 0.3 is 5.97 Å². The molecule has 2 aromatic heterocycles. The lowest BCUT2D eigenvalue weighted by Gasteiger charge is -2.08. The number of benzene rings is 1. The van der Waals surface area contributed by atoms with Crippen molar-refractivity contribution in [2.24, 2.45) is 0 Å². The van der Waals surface area contributed by atoms with Crippen LogP contribution in [0.1, 0.15) is 16.1 Å². The first-order valence-electron chi connectivity index (χ1n) is 7.28. The topological polar surface area (TPSA) is 61.3 Å². The van der Waals surface area contributed by atoms with Gasteiger partial charge in [0.2, 0.25) is 0 Å². The predicted molar refractivity (Wildman–Crippen MR) is 94.1 cm³/mol. The average Bonchev–Trinajstić information content (AvgIpc) is 2.64. The summed E-state index contributed by atoms with van der Waals surface area (Å²) >= 11 is 11.8. The summed E-state index contributed by atoms with van der Waals surface area (Å²) in [6, 6.07) is 13.3. The minimum absolute atomic E-state index is 0.0633. The van der Waals surface area contributed by atoms with Crippen molar-refractivity contribution in [3.8, 4) is 11.5 Å². The molecule has 0 aliphatic rings. The van der Waals surface area contributed by atoms with Crippen LogP contribution in [0.2, 0.25) is 10.2 Å². The molecule has 0 radical (unpaired) electrons. The average molecular weight is 375 g/mol. The van der Waals surface area contributed by atoms with Gasteiger partial charge in [-0.3, -0.25) is 4.98 Å². The highest BCUT2D eigenvalue weighted by Gasteiger charge is 2.10. The fourth-order valence-corrected chi connectivity index (χ4v) is 2.30. The summed E-state index contributed by atoms with van der Waals surface area (Å²) in [6.07, 6.45) is 3.26. The molecule has 0 bridgehead atoms. The van der Waals surface area contributed by atoms with Crippen LogP contribution in [0.4, 0.5) is 0 Å². The van der Waals surface area contributed by atoms with Gasteiger partial charge in [-0.2, -0.15) is 0 Å². The van der Waals surface area contributed by atoms with Crippen molar-refractivity contribution in [1.29, 1.82) is 0 Å². The van der Waals surface area contributed by atoms with E-state index in [9.17, 15) is 4.79 Å². The van der Waals surface area contributed by atoms with Gasteiger partial charge in [-0.15, -0.1) is 0 Å². The van der Waals surface area contributed by atoms with Gasteiger partial charge in [-0.1, -0.05) is 23.2 Å². The van der Waals surface area contributed by atoms with Crippen LogP contribution in [0.15, 0.2) is 60.9 Å². The molecule has 0 spiro atoms. The molecule has 2 heterocycles. The van der Waals surface area contributed by atoms with Gasteiger partial charge in [0.05, 0.1) is 22.5 Å². The van der Waals surface area contributed by atoms with Crippen molar-refractivity contribution in [3.05, 3.63) is 82.4 Å². The Morgan fingerprint density at radius 1 is 1.00 bits per heavy atom. The van der Waals surface area contributed by atoms with E-state index in [1.165, 1.54) is 0 Å². The number of ether oxygens (including phenoxy) is 2. The minimum Gasteiger partial charge on any atom is -0.456 e. The Morgan fingerprint density at radius 2 is 1.80 bits per heavy atom. The number of nitrogens with zero attached hydrogens (tertiary/aromatic N) is 2. The molecule has 0 amide bonds. The first-order chi connectivity index (χ1) is 12.1. The molecular weight excluding hydrogens is 363 g/mol. The van der Waals surface area contributed by atoms with Crippen LogP contribution in [-0.2, 0) is 11.3 Å². The number of halogens is 2. The maximum Gasteiger partial charge on any atom is 0.338 e. The molecule has 0 aliphatic carbocycles. The van der Waals surface area contributed by atoms with Crippen molar-refractivity contribution < 1.29 is 14.3 Å². The molecule has 1 aromatic carbocycles. The number of esters is 1. The minimum atomic E-state index is -0.495. The lowest BCUT2D eigenvalue weighted by Crippen LogP contribution is -2.06. The summed E-state index contributed by atoms with van der Waals surface area (Å²) in [4.78, 5) is 20.1. The fourth-order valence-electron chi connectivity index (χ4n) is 1.98. The van der Waals surface area contributed by atoms with Crippen LogP contribution >= 0.6 is 23.2 Å². The smallest absolute Gasteiger partial charge is 0.338 e. The number of hydrogen-bond acceptors (Lipinski definition) is 5. The molecule has 0 atom stereocenters. The highest BCUT2D eigenvalue weighted by Crippen LogP contribution is 2.21. The summed E-state index contributed by atoms with van der Waals surface area (Å²) in [5.41, 5.74) is 0.788. The van der Waals surface area contributed by atoms with Gasteiger partial charge in [-0.25, -0.2) is 9.78 Å². The van der Waals surface area contributed by atoms with E-state index in [0.717, 1.165) is 0 Å². The van der Waals surface area contributed by atoms with E-state index in [2.05, 4.69) is 9.97 Å². The molecule has 0 N–H and O–H groups in total. The molecule has 7 heteroatoms. The lowest BCUT2D eigenvalue weighted by molar-refractivity contribution is 0.0468. The van der Waals surface area contributed by atoms with Gasteiger partial charge < -0.3 is 9.47 Å². The summed E-state index contributed by atoms with van der Waals surface area (Å²) in [5.74, 6) is 0.703. The molecule has 25 heavy (non-hydrogen) atoms. The maximum atomic E-state index is 12.1. The second-order valence-electron chi connectivity index (χ2n) is 4.95. The maximum absolute atomic E-state index is 12.1. The molecule has 3 aromatic rings. The molecule has 126 valence electrons. The number of rotatable bonds is 5. The third-order valence-corrected chi connectivity index (χ3v) is 3.74.